The quantitative estimate of drug-likeness (QED) is 0.371. The smallest absolute Gasteiger partial charge is 0.303 e. The third-order valence-electron chi connectivity index (χ3n) is 6.38. The van der Waals surface area contributed by atoms with E-state index >= 15 is 0 Å². The molecule has 2 aromatic carbocycles. The number of aromatic amines is 1. The van der Waals surface area contributed by atoms with Gasteiger partial charge in [0, 0.05) is 46.2 Å². The fourth-order valence-electron chi connectivity index (χ4n) is 4.59. The Labute approximate surface area is 217 Å². The fraction of sp³-hybridized carbons (Fsp3) is 0.179. The SMILES string of the molecule is Cc1ccc(C2CC(c3c(-c4ccc(Cl)cc4)c4ccccc4[nH]c3=O)=NN2C(=O)CCC(=O)O)cn1. The van der Waals surface area contributed by atoms with E-state index in [2.05, 4.69) is 15.1 Å². The van der Waals surface area contributed by atoms with Crippen LogP contribution in [0.3, 0.4) is 0 Å². The number of carbonyl (C=O) groups excluding carboxylic acids is 1. The number of carboxylic acids is 1. The number of nitrogens with zero attached hydrogens (tertiary/aromatic N) is 3. The van der Waals surface area contributed by atoms with E-state index in [1.807, 2.05) is 55.5 Å². The minimum atomic E-state index is -1.07. The molecular formula is C28H23ClN4O4. The van der Waals surface area contributed by atoms with E-state index in [1.165, 1.54) is 5.01 Å². The number of benzene rings is 2. The second kappa shape index (κ2) is 9.99. The number of pyridine rings is 2. The van der Waals surface area contributed by atoms with Crippen molar-refractivity contribution in [1.82, 2.24) is 15.0 Å². The lowest BCUT2D eigenvalue weighted by atomic mass is 9.91. The Morgan fingerprint density at radius 1 is 1.05 bits per heavy atom. The molecule has 5 rings (SSSR count). The number of aryl methyl sites for hydroxylation is 1. The van der Waals surface area contributed by atoms with Crippen LogP contribution in [0.5, 0.6) is 0 Å². The zero-order valence-corrected chi connectivity index (χ0v) is 20.7. The van der Waals surface area contributed by atoms with Gasteiger partial charge in [-0.25, -0.2) is 5.01 Å². The van der Waals surface area contributed by atoms with Gasteiger partial charge in [-0.2, -0.15) is 5.10 Å². The Morgan fingerprint density at radius 2 is 1.81 bits per heavy atom. The number of aromatic nitrogens is 2. The summed E-state index contributed by atoms with van der Waals surface area (Å²) in [5.74, 6) is -1.51. The number of para-hydroxylation sites is 1. The van der Waals surface area contributed by atoms with Gasteiger partial charge >= 0.3 is 5.97 Å². The van der Waals surface area contributed by atoms with Crippen LogP contribution in [0.25, 0.3) is 22.0 Å². The molecule has 3 heterocycles. The number of rotatable bonds is 6. The predicted octanol–water partition coefficient (Wildman–Crippen LogP) is 5.09. The van der Waals surface area contributed by atoms with Gasteiger partial charge in [0.05, 0.1) is 23.7 Å². The topological polar surface area (TPSA) is 116 Å². The molecule has 1 amide bonds. The number of hydrogen-bond acceptors (Lipinski definition) is 5. The van der Waals surface area contributed by atoms with Gasteiger partial charge in [0.15, 0.2) is 0 Å². The van der Waals surface area contributed by atoms with Crippen molar-refractivity contribution in [1.29, 1.82) is 0 Å². The van der Waals surface area contributed by atoms with Crippen LogP contribution in [-0.2, 0) is 9.59 Å². The minimum Gasteiger partial charge on any atom is -0.481 e. The number of H-pyrrole nitrogens is 1. The van der Waals surface area contributed by atoms with E-state index < -0.39 is 17.9 Å². The summed E-state index contributed by atoms with van der Waals surface area (Å²) in [6.45, 7) is 1.86. The first kappa shape index (κ1) is 24.4. The number of carbonyl (C=O) groups is 2. The highest BCUT2D eigenvalue weighted by molar-refractivity contribution is 6.30. The molecule has 186 valence electrons. The van der Waals surface area contributed by atoms with E-state index in [9.17, 15) is 14.4 Å². The fourth-order valence-corrected chi connectivity index (χ4v) is 4.72. The second-order valence-electron chi connectivity index (χ2n) is 8.89. The first-order valence-corrected chi connectivity index (χ1v) is 12.1. The van der Waals surface area contributed by atoms with Crippen molar-refractivity contribution in [3.63, 3.8) is 0 Å². The van der Waals surface area contributed by atoms with Crippen LogP contribution in [0.1, 0.15) is 42.1 Å². The van der Waals surface area contributed by atoms with Crippen molar-refractivity contribution in [3.05, 3.63) is 99.1 Å². The van der Waals surface area contributed by atoms with Crippen LogP contribution in [0, 0.1) is 6.92 Å². The van der Waals surface area contributed by atoms with Crippen LogP contribution in [0.4, 0.5) is 0 Å². The highest BCUT2D eigenvalue weighted by Crippen LogP contribution is 2.37. The Kier molecular flexibility index (Phi) is 6.58. The summed E-state index contributed by atoms with van der Waals surface area (Å²) in [6, 6.07) is 17.9. The number of amides is 1. The van der Waals surface area contributed by atoms with Crippen LogP contribution >= 0.6 is 11.6 Å². The summed E-state index contributed by atoms with van der Waals surface area (Å²) in [5, 5.41) is 16.4. The summed E-state index contributed by atoms with van der Waals surface area (Å²) in [7, 11) is 0. The van der Waals surface area contributed by atoms with Crippen molar-refractivity contribution in [2.75, 3.05) is 0 Å². The molecule has 1 atom stereocenters. The standard InChI is InChI=1S/C28H23ClN4O4/c1-16-6-7-18(15-30-16)23-14-22(32-33(23)24(34)12-13-25(35)36)27-26(17-8-10-19(29)11-9-17)20-4-2-3-5-21(20)31-28(27)37/h2-11,15,23H,12-14H2,1H3,(H,31,37)(H,35,36). The maximum Gasteiger partial charge on any atom is 0.303 e. The summed E-state index contributed by atoms with van der Waals surface area (Å²) in [4.78, 5) is 45.0. The van der Waals surface area contributed by atoms with Crippen LogP contribution in [0.15, 0.2) is 76.8 Å². The number of nitrogens with one attached hydrogen (secondary N) is 1. The molecule has 8 nitrogen and oxygen atoms in total. The Hall–Kier alpha value is -4.30. The third kappa shape index (κ3) is 4.88. The first-order valence-electron chi connectivity index (χ1n) is 11.8. The summed E-state index contributed by atoms with van der Waals surface area (Å²) < 4.78 is 0. The minimum absolute atomic E-state index is 0.208. The molecule has 1 aliphatic heterocycles. The summed E-state index contributed by atoms with van der Waals surface area (Å²) in [6.07, 6.45) is 1.43. The molecule has 9 heteroatoms. The van der Waals surface area contributed by atoms with Crippen LogP contribution in [-0.4, -0.2) is 37.7 Å². The molecule has 0 fully saturated rings. The lowest BCUT2D eigenvalue weighted by molar-refractivity contribution is -0.141. The maximum atomic E-state index is 13.5. The van der Waals surface area contributed by atoms with Crippen molar-refractivity contribution >= 4 is 40.1 Å². The molecule has 37 heavy (non-hydrogen) atoms. The average Bonchev–Trinajstić information content (AvgIpc) is 3.32. The van der Waals surface area contributed by atoms with E-state index in [4.69, 9.17) is 16.7 Å². The van der Waals surface area contributed by atoms with Gasteiger partial charge in [-0.3, -0.25) is 19.4 Å². The average molecular weight is 515 g/mol. The monoisotopic (exact) mass is 514 g/mol. The Bertz CT molecular complexity index is 1590. The molecular weight excluding hydrogens is 492 g/mol. The third-order valence-corrected chi connectivity index (χ3v) is 6.63. The lowest BCUT2D eigenvalue weighted by Crippen LogP contribution is -2.27. The van der Waals surface area contributed by atoms with Gasteiger partial charge in [-0.1, -0.05) is 48.0 Å². The van der Waals surface area contributed by atoms with Crippen molar-refractivity contribution in [2.45, 2.75) is 32.2 Å². The molecule has 2 aromatic heterocycles. The zero-order chi connectivity index (χ0) is 26.1. The van der Waals surface area contributed by atoms with Gasteiger partial charge in [0.2, 0.25) is 5.91 Å². The van der Waals surface area contributed by atoms with Gasteiger partial charge in [-0.05, 0) is 42.3 Å². The lowest BCUT2D eigenvalue weighted by Gasteiger charge is -2.21. The van der Waals surface area contributed by atoms with Gasteiger partial charge in [0.25, 0.3) is 5.56 Å². The maximum absolute atomic E-state index is 13.5. The zero-order valence-electron chi connectivity index (χ0n) is 19.9. The van der Waals surface area contributed by atoms with Crippen molar-refractivity contribution in [2.24, 2.45) is 5.10 Å². The molecule has 0 saturated carbocycles. The number of hydrogen-bond donors (Lipinski definition) is 2. The van der Waals surface area contributed by atoms with E-state index in [1.54, 1.807) is 18.3 Å². The summed E-state index contributed by atoms with van der Waals surface area (Å²) in [5.41, 5.74) is 4.19. The number of carboxylic acid groups (broad SMARTS) is 1. The molecule has 0 saturated heterocycles. The largest absolute Gasteiger partial charge is 0.481 e. The molecule has 0 spiro atoms. The number of halogens is 1. The predicted molar refractivity (Wildman–Crippen MR) is 142 cm³/mol. The van der Waals surface area contributed by atoms with Crippen LogP contribution < -0.4 is 5.56 Å². The number of aliphatic carboxylic acids is 1. The molecule has 1 unspecified atom stereocenters. The van der Waals surface area contributed by atoms with Crippen LogP contribution in [0.2, 0.25) is 5.02 Å². The van der Waals surface area contributed by atoms with E-state index in [0.717, 1.165) is 22.2 Å². The highest BCUT2D eigenvalue weighted by atomic mass is 35.5. The van der Waals surface area contributed by atoms with Crippen molar-refractivity contribution < 1.29 is 14.7 Å². The molecule has 4 aromatic rings. The molecule has 0 bridgehead atoms. The second-order valence-corrected chi connectivity index (χ2v) is 9.32. The first-order chi connectivity index (χ1) is 17.8. The number of hydrazone groups is 1. The summed E-state index contributed by atoms with van der Waals surface area (Å²) >= 11 is 6.14. The van der Waals surface area contributed by atoms with E-state index in [0.29, 0.717) is 27.4 Å². The normalized spacial score (nSPS) is 15.1. The van der Waals surface area contributed by atoms with E-state index in [-0.39, 0.29) is 24.8 Å². The molecule has 0 radical (unpaired) electrons. The highest BCUT2D eigenvalue weighted by Gasteiger charge is 2.35. The molecule has 2 N–H and O–H groups in total. The Balaban J connectivity index is 1.68. The molecule has 1 aliphatic rings. The van der Waals surface area contributed by atoms with Gasteiger partial charge < -0.3 is 10.1 Å². The molecule has 0 aliphatic carbocycles. The van der Waals surface area contributed by atoms with Crippen molar-refractivity contribution in [3.8, 4) is 11.1 Å². The Morgan fingerprint density at radius 3 is 2.51 bits per heavy atom. The van der Waals surface area contributed by atoms with Gasteiger partial charge in [0.1, 0.15) is 0 Å². The number of fused-ring (bicyclic) bond motifs is 1. The van der Waals surface area contributed by atoms with Gasteiger partial charge in [-0.15, -0.1) is 0 Å².